The summed E-state index contributed by atoms with van der Waals surface area (Å²) in [5, 5.41) is 3.56. The summed E-state index contributed by atoms with van der Waals surface area (Å²) in [7, 11) is 0. The molecule has 1 saturated heterocycles. The van der Waals surface area contributed by atoms with E-state index in [9.17, 15) is 0 Å². The molecule has 1 atom stereocenters. The van der Waals surface area contributed by atoms with Crippen molar-refractivity contribution in [1.29, 1.82) is 0 Å². The van der Waals surface area contributed by atoms with Gasteiger partial charge in [0.2, 0.25) is 0 Å². The number of nitrogens with one attached hydrogen (secondary N) is 2. The minimum absolute atomic E-state index is 0.389. The summed E-state index contributed by atoms with van der Waals surface area (Å²) in [6, 6.07) is 0. The molecule has 1 aromatic rings. The molecule has 82 valence electrons. The van der Waals surface area contributed by atoms with Gasteiger partial charge >= 0.3 is 0 Å². The Morgan fingerprint density at radius 3 is 2.80 bits per heavy atom. The van der Waals surface area contributed by atoms with Crippen molar-refractivity contribution in [3.05, 3.63) is 23.5 Å². The molecule has 1 aliphatic carbocycles. The molecule has 15 heavy (non-hydrogen) atoms. The molecular weight excluding hydrogens is 184 g/mol. The van der Waals surface area contributed by atoms with Gasteiger partial charge in [0.25, 0.3) is 0 Å². The van der Waals surface area contributed by atoms with Crippen LogP contribution in [0.1, 0.15) is 37.8 Å². The van der Waals surface area contributed by atoms with Crippen molar-refractivity contribution in [3.8, 4) is 0 Å². The van der Waals surface area contributed by atoms with E-state index in [1.807, 2.05) is 0 Å². The van der Waals surface area contributed by atoms with Crippen molar-refractivity contribution in [2.45, 2.75) is 38.5 Å². The van der Waals surface area contributed by atoms with Gasteiger partial charge in [0.1, 0.15) is 0 Å². The normalized spacial score (nSPS) is 33.2. The summed E-state index contributed by atoms with van der Waals surface area (Å²) in [6.45, 7) is 7.21. The van der Waals surface area contributed by atoms with Crippen molar-refractivity contribution in [1.82, 2.24) is 10.3 Å². The van der Waals surface area contributed by atoms with E-state index < -0.39 is 0 Å². The van der Waals surface area contributed by atoms with Gasteiger partial charge in [-0.15, -0.1) is 0 Å². The number of rotatable bonds is 0. The molecule has 1 fully saturated rings. The van der Waals surface area contributed by atoms with E-state index in [0.29, 0.717) is 10.8 Å². The summed E-state index contributed by atoms with van der Waals surface area (Å²) in [5.74, 6) is 0. The van der Waals surface area contributed by atoms with Crippen molar-refractivity contribution in [2.75, 3.05) is 13.1 Å². The summed E-state index contributed by atoms with van der Waals surface area (Å²) in [6.07, 6.45) is 8.30. The predicted octanol–water partition coefficient (Wildman–Crippen LogP) is 2.22. The molecule has 2 N–H and O–H groups in total. The number of H-pyrrole nitrogens is 1. The maximum atomic E-state index is 3.56. The van der Waals surface area contributed by atoms with Crippen LogP contribution in [0.4, 0.5) is 0 Å². The molecule has 3 rings (SSSR count). The van der Waals surface area contributed by atoms with E-state index in [2.05, 4.69) is 36.5 Å². The molecule has 2 nitrogen and oxygen atoms in total. The van der Waals surface area contributed by atoms with Crippen LogP contribution in [0.25, 0.3) is 0 Å². The maximum absolute atomic E-state index is 3.56. The van der Waals surface area contributed by atoms with Crippen LogP contribution in [0.15, 0.2) is 12.4 Å². The van der Waals surface area contributed by atoms with Gasteiger partial charge in [-0.25, -0.2) is 0 Å². The van der Waals surface area contributed by atoms with Crippen LogP contribution in [0.2, 0.25) is 0 Å². The monoisotopic (exact) mass is 204 g/mol. The first-order chi connectivity index (χ1) is 7.16. The van der Waals surface area contributed by atoms with Crippen LogP contribution in [0.3, 0.4) is 0 Å². The number of aromatic amines is 1. The Morgan fingerprint density at radius 1 is 1.20 bits per heavy atom. The third-order valence-electron chi connectivity index (χ3n) is 4.82. The summed E-state index contributed by atoms with van der Waals surface area (Å²) < 4.78 is 0. The van der Waals surface area contributed by atoms with Gasteiger partial charge in [0, 0.05) is 24.4 Å². The maximum Gasteiger partial charge on any atom is 0.0158 e. The molecule has 1 aliphatic heterocycles. The number of hydrogen-bond acceptors (Lipinski definition) is 1. The van der Waals surface area contributed by atoms with Crippen LogP contribution < -0.4 is 5.32 Å². The first-order valence-electron chi connectivity index (χ1n) is 6.03. The third-order valence-corrected chi connectivity index (χ3v) is 4.82. The van der Waals surface area contributed by atoms with E-state index >= 15 is 0 Å². The Labute approximate surface area is 91.5 Å². The molecule has 0 bridgehead atoms. The van der Waals surface area contributed by atoms with Crippen LogP contribution in [-0.4, -0.2) is 18.1 Å². The summed E-state index contributed by atoms with van der Waals surface area (Å²) in [4.78, 5) is 3.30. The zero-order valence-corrected chi connectivity index (χ0v) is 9.69. The van der Waals surface area contributed by atoms with Crippen LogP contribution in [-0.2, 0) is 11.8 Å². The molecular formula is C13H20N2. The second-order valence-corrected chi connectivity index (χ2v) is 5.79. The van der Waals surface area contributed by atoms with E-state index in [-0.39, 0.29) is 0 Å². The van der Waals surface area contributed by atoms with Gasteiger partial charge in [0.05, 0.1) is 0 Å². The summed E-state index contributed by atoms with van der Waals surface area (Å²) in [5.41, 5.74) is 3.97. The number of hydrogen-bond donors (Lipinski definition) is 2. The standard InChI is InChI=1S/C13H20N2/c1-12(2)4-3-10-7-15-8-11(10)13(12)5-6-14-9-13/h7-8,14-15H,3-6,9H2,1-2H3. The van der Waals surface area contributed by atoms with E-state index in [4.69, 9.17) is 0 Å². The number of aromatic nitrogens is 1. The zero-order valence-electron chi connectivity index (χ0n) is 9.69. The molecule has 0 radical (unpaired) electrons. The lowest BCUT2D eigenvalue weighted by atomic mass is 9.56. The molecule has 2 heteroatoms. The Balaban J connectivity index is 2.16. The molecule has 2 aliphatic rings. The van der Waals surface area contributed by atoms with E-state index in [1.54, 1.807) is 11.1 Å². The predicted molar refractivity (Wildman–Crippen MR) is 62.1 cm³/mol. The highest BCUT2D eigenvalue weighted by Gasteiger charge is 2.51. The molecule has 0 saturated carbocycles. The molecule has 1 unspecified atom stereocenters. The van der Waals surface area contributed by atoms with Crippen molar-refractivity contribution < 1.29 is 0 Å². The second-order valence-electron chi connectivity index (χ2n) is 5.79. The summed E-state index contributed by atoms with van der Waals surface area (Å²) >= 11 is 0. The fourth-order valence-corrected chi connectivity index (χ4v) is 3.60. The third kappa shape index (κ3) is 1.09. The molecule has 0 aromatic carbocycles. The topological polar surface area (TPSA) is 27.8 Å². The molecule has 1 spiro atoms. The first kappa shape index (κ1) is 9.46. The molecule has 1 aromatic heterocycles. The number of aryl methyl sites for hydroxylation is 1. The highest BCUT2D eigenvalue weighted by Crippen LogP contribution is 2.52. The zero-order chi connectivity index (χ0) is 10.5. The minimum atomic E-state index is 0.389. The van der Waals surface area contributed by atoms with Gasteiger partial charge in [0.15, 0.2) is 0 Å². The van der Waals surface area contributed by atoms with Crippen molar-refractivity contribution in [3.63, 3.8) is 0 Å². The minimum Gasteiger partial charge on any atom is -0.367 e. The molecule has 2 heterocycles. The fraction of sp³-hybridized carbons (Fsp3) is 0.692. The van der Waals surface area contributed by atoms with Crippen molar-refractivity contribution in [2.24, 2.45) is 5.41 Å². The first-order valence-corrected chi connectivity index (χ1v) is 6.03. The SMILES string of the molecule is CC1(C)CCc2c[nH]cc2C12CCNC2. The van der Waals surface area contributed by atoms with E-state index in [0.717, 1.165) is 6.54 Å². The second kappa shape index (κ2) is 2.88. The van der Waals surface area contributed by atoms with Crippen molar-refractivity contribution >= 4 is 0 Å². The smallest absolute Gasteiger partial charge is 0.0158 e. The largest absolute Gasteiger partial charge is 0.367 e. The van der Waals surface area contributed by atoms with Gasteiger partial charge in [-0.1, -0.05) is 13.8 Å². The van der Waals surface area contributed by atoms with Crippen LogP contribution in [0, 0.1) is 5.41 Å². The van der Waals surface area contributed by atoms with Gasteiger partial charge in [-0.05, 0) is 42.3 Å². The number of fused-ring (bicyclic) bond motifs is 2. The Hall–Kier alpha value is -0.760. The Morgan fingerprint density at radius 2 is 2.07 bits per heavy atom. The lowest BCUT2D eigenvalue weighted by Crippen LogP contribution is -2.46. The van der Waals surface area contributed by atoms with Crippen LogP contribution >= 0.6 is 0 Å². The van der Waals surface area contributed by atoms with Gasteiger partial charge in [-0.2, -0.15) is 0 Å². The van der Waals surface area contributed by atoms with E-state index in [1.165, 1.54) is 25.8 Å². The fourth-order valence-electron chi connectivity index (χ4n) is 3.60. The van der Waals surface area contributed by atoms with Gasteiger partial charge in [-0.3, -0.25) is 0 Å². The average Bonchev–Trinajstić information content (AvgIpc) is 2.83. The lowest BCUT2D eigenvalue weighted by molar-refractivity contribution is 0.147. The highest BCUT2D eigenvalue weighted by molar-refractivity contribution is 5.39. The van der Waals surface area contributed by atoms with Crippen LogP contribution in [0.5, 0.6) is 0 Å². The molecule has 0 amide bonds. The quantitative estimate of drug-likeness (QED) is 0.666. The van der Waals surface area contributed by atoms with Gasteiger partial charge < -0.3 is 10.3 Å². The Bertz CT molecular complexity index is 370. The average molecular weight is 204 g/mol. The Kier molecular flexibility index (Phi) is 1.82. The highest BCUT2D eigenvalue weighted by atomic mass is 14.9. The lowest BCUT2D eigenvalue weighted by Gasteiger charge is -2.48.